The zero-order valence-corrected chi connectivity index (χ0v) is 14.6. The first-order chi connectivity index (χ1) is 11.9. The molecule has 0 atom stereocenters. The van der Waals surface area contributed by atoms with Crippen molar-refractivity contribution in [2.75, 3.05) is 5.32 Å². The van der Waals surface area contributed by atoms with Gasteiger partial charge in [0.15, 0.2) is 5.69 Å². The third-order valence-corrected chi connectivity index (χ3v) is 5.17. The average molecular weight is 358 g/mol. The third kappa shape index (κ3) is 3.70. The molecule has 2 aromatic carbocycles. The van der Waals surface area contributed by atoms with E-state index in [-0.39, 0.29) is 22.5 Å². The van der Waals surface area contributed by atoms with Gasteiger partial charge in [0, 0.05) is 17.1 Å². The van der Waals surface area contributed by atoms with Gasteiger partial charge >= 0.3 is 0 Å². The Bertz CT molecular complexity index is 1010. The van der Waals surface area contributed by atoms with Crippen LogP contribution in [0.5, 0.6) is 0 Å². The van der Waals surface area contributed by atoms with Crippen LogP contribution in [0.1, 0.15) is 24.3 Å². The number of hydrogen-bond acceptors (Lipinski definition) is 4. The molecule has 3 N–H and O–H groups in total. The van der Waals surface area contributed by atoms with E-state index in [2.05, 4.69) is 20.2 Å². The molecule has 0 fully saturated rings. The van der Waals surface area contributed by atoms with Crippen LogP contribution in [0.4, 0.5) is 5.69 Å². The molecule has 8 heteroatoms. The van der Waals surface area contributed by atoms with Gasteiger partial charge in [0.2, 0.25) is 10.0 Å². The van der Waals surface area contributed by atoms with Crippen LogP contribution < -0.4 is 10.0 Å². The Kier molecular flexibility index (Phi) is 4.56. The number of carbonyl (C=O) groups is 1. The Labute approximate surface area is 145 Å². The summed E-state index contributed by atoms with van der Waals surface area (Å²) in [6.45, 7) is 3.50. The number of nitrogens with zero attached hydrogens (tertiary/aromatic N) is 1. The number of sulfonamides is 1. The highest BCUT2D eigenvalue weighted by Crippen LogP contribution is 2.18. The van der Waals surface area contributed by atoms with Gasteiger partial charge in [-0.1, -0.05) is 18.2 Å². The smallest absolute Gasteiger partial charge is 0.276 e. The number of hydrogen-bond donors (Lipinski definition) is 3. The van der Waals surface area contributed by atoms with Crippen molar-refractivity contribution in [1.29, 1.82) is 0 Å². The van der Waals surface area contributed by atoms with Crippen molar-refractivity contribution in [3.05, 3.63) is 54.2 Å². The summed E-state index contributed by atoms with van der Waals surface area (Å²) in [6.07, 6.45) is 0. The lowest BCUT2D eigenvalue weighted by Gasteiger charge is -2.10. The van der Waals surface area contributed by atoms with E-state index in [9.17, 15) is 13.2 Å². The number of para-hydroxylation sites is 1. The Morgan fingerprint density at radius 3 is 2.44 bits per heavy atom. The Morgan fingerprint density at radius 1 is 1.08 bits per heavy atom. The summed E-state index contributed by atoms with van der Waals surface area (Å²) in [5, 5.41) is 10.3. The molecule has 0 aliphatic rings. The molecule has 1 amide bonds. The average Bonchev–Trinajstić information content (AvgIpc) is 2.98. The van der Waals surface area contributed by atoms with Crippen LogP contribution in [0.3, 0.4) is 0 Å². The van der Waals surface area contributed by atoms with Crippen LogP contribution in [-0.2, 0) is 10.0 Å². The summed E-state index contributed by atoms with van der Waals surface area (Å²) in [6, 6.07) is 13.1. The molecule has 25 heavy (non-hydrogen) atoms. The van der Waals surface area contributed by atoms with E-state index < -0.39 is 10.0 Å². The molecule has 0 saturated heterocycles. The minimum atomic E-state index is -3.56. The fourth-order valence-corrected chi connectivity index (χ4v) is 3.67. The zero-order chi connectivity index (χ0) is 18.0. The SMILES string of the molecule is CC(C)NS(=O)(=O)c1ccc(NC(=O)c2n[nH]c3ccccc23)cc1. The predicted molar refractivity (Wildman–Crippen MR) is 95.9 cm³/mol. The molecule has 1 aromatic heterocycles. The summed E-state index contributed by atoms with van der Waals surface area (Å²) in [7, 11) is -3.56. The van der Waals surface area contributed by atoms with E-state index >= 15 is 0 Å². The van der Waals surface area contributed by atoms with Gasteiger partial charge in [0.05, 0.1) is 10.4 Å². The number of anilines is 1. The lowest BCUT2D eigenvalue weighted by molar-refractivity contribution is 0.102. The Hall–Kier alpha value is -2.71. The molecule has 7 nitrogen and oxygen atoms in total. The maximum absolute atomic E-state index is 12.4. The van der Waals surface area contributed by atoms with Crippen molar-refractivity contribution >= 4 is 32.5 Å². The fraction of sp³-hybridized carbons (Fsp3) is 0.176. The second kappa shape index (κ2) is 6.66. The lowest BCUT2D eigenvalue weighted by atomic mass is 10.2. The number of rotatable bonds is 5. The predicted octanol–water partition coefficient (Wildman–Crippen LogP) is 2.50. The molecule has 0 saturated carbocycles. The van der Waals surface area contributed by atoms with Gasteiger partial charge < -0.3 is 5.32 Å². The summed E-state index contributed by atoms with van der Waals surface area (Å²) in [5.41, 5.74) is 1.54. The summed E-state index contributed by atoms with van der Waals surface area (Å²) >= 11 is 0. The first kappa shape index (κ1) is 17.1. The van der Waals surface area contributed by atoms with Crippen molar-refractivity contribution in [2.24, 2.45) is 0 Å². The largest absolute Gasteiger partial charge is 0.321 e. The van der Waals surface area contributed by atoms with Crippen LogP contribution in [0.2, 0.25) is 0 Å². The van der Waals surface area contributed by atoms with Gasteiger partial charge in [0.25, 0.3) is 5.91 Å². The first-order valence-electron chi connectivity index (χ1n) is 7.74. The Morgan fingerprint density at radius 2 is 1.76 bits per heavy atom. The van der Waals surface area contributed by atoms with E-state index in [0.717, 1.165) is 10.9 Å². The highest BCUT2D eigenvalue weighted by molar-refractivity contribution is 7.89. The van der Waals surface area contributed by atoms with Gasteiger partial charge in [-0.2, -0.15) is 5.10 Å². The molecule has 0 radical (unpaired) electrons. The first-order valence-corrected chi connectivity index (χ1v) is 9.22. The fourth-order valence-electron chi connectivity index (χ4n) is 2.42. The number of amides is 1. The van der Waals surface area contributed by atoms with E-state index in [4.69, 9.17) is 0 Å². The molecule has 3 rings (SSSR count). The quantitative estimate of drug-likeness (QED) is 0.652. The highest BCUT2D eigenvalue weighted by atomic mass is 32.2. The van der Waals surface area contributed by atoms with Crippen LogP contribution in [0.15, 0.2) is 53.4 Å². The molecule has 130 valence electrons. The zero-order valence-electron chi connectivity index (χ0n) is 13.8. The Balaban J connectivity index is 1.79. The molecule has 0 aliphatic carbocycles. The lowest BCUT2D eigenvalue weighted by Crippen LogP contribution is -2.30. The van der Waals surface area contributed by atoms with Gasteiger partial charge in [-0.15, -0.1) is 0 Å². The third-order valence-electron chi connectivity index (χ3n) is 3.50. The standard InChI is InChI=1S/C17H18N4O3S/c1-11(2)21-25(23,24)13-9-7-12(8-10-13)18-17(22)16-14-5-3-4-6-15(14)19-20-16/h3-11,21H,1-2H3,(H,18,22)(H,19,20). The monoisotopic (exact) mass is 358 g/mol. The van der Waals surface area contributed by atoms with E-state index in [1.54, 1.807) is 32.0 Å². The molecule has 0 aliphatic heterocycles. The van der Waals surface area contributed by atoms with Gasteiger partial charge in [-0.25, -0.2) is 13.1 Å². The molecule has 0 unspecified atom stereocenters. The molecule has 3 aromatic rings. The number of aromatic amines is 1. The number of nitrogens with one attached hydrogen (secondary N) is 3. The number of H-pyrrole nitrogens is 1. The summed E-state index contributed by atoms with van der Waals surface area (Å²) in [5.74, 6) is -0.367. The van der Waals surface area contributed by atoms with Crippen molar-refractivity contribution in [2.45, 2.75) is 24.8 Å². The van der Waals surface area contributed by atoms with Gasteiger partial charge in [-0.05, 0) is 44.2 Å². The second-order valence-electron chi connectivity index (χ2n) is 5.87. The van der Waals surface area contributed by atoms with Crippen LogP contribution in [-0.4, -0.2) is 30.6 Å². The molecule has 0 spiro atoms. The van der Waals surface area contributed by atoms with E-state index in [1.807, 2.05) is 18.2 Å². The molecule has 0 bridgehead atoms. The second-order valence-corrected chi connectivity index (χ2v) is 7.59. The maximum Gasteiger partial charge on any atom is 0.276 e. The number of benzene rings is 2. The van der Waals surface area contributed by atoms with Crippen LogP contribution in [0.25, 0.3) is 10.9 Å². The summed E-state index contributed by atoms with van der Waals surface area (Å²) < 4.78 is 26.7. The molecular formula is C17H18N4O3S. The van der Waals surface area contributed by atoms with Gasteiger partial charge in [-0.3, -0.25) is 9.89 Å². The number of aromatic nitrogens is 2. The number of carbonyl (C=O) groups excluding carboxylic acids is 1. The van der Waals surface area contributed by atoms with E-state index in [0.29, 0.717) is 5.69 Å². The minimum absolute atomic E-state index is 0.143. The number of fused-ring (bicyclic) bond motifs is 1. The minimum Gasteiger partial charge on any atom is -0.321 e. The highest BCUT2D eigenvalue weighted by Gasteiger charge is 2.17. The molecular weight excluding hydrogens is 340 g/mol. The van der Waals surface area contributed by atoms with Crippen LogP contribution in [0, 0.1) is 0 Å². The van der Waals surface area contributed by atoms with Crippen molar-refractivity contribution in [3.8, 4) is 0 Å². The van der Waals surface area contributed by atoms with E-state index in [1.165, 1.54) is 12.1 Å². The maximum atomic E-state index is 12.4. The molecule has 1 heterocycles. The topological polar surface area (TPSA) is 104 Å². The normalized spacial score (nSPS) is 11.8. The van der Waals surface area contributed by atoms with Crippen molar-refractivity contribution in [1.82, 2.24) is 14.9 Å². The van der Waals surface area contributed by atoms with Crippen molar-refractivity contribution < 1.29 is 13.2 Å². The summed E-state index contributed by atoms with van der Waals surface area (Å²) in [4.78, 5) is 12.5. The van der Waals surface area contributed by atoms with Crippen LogP contribution >= 0.6 is 0 Å². The van der Waals surface area contributed by atoms with Gasteiger partial charge in [0.1, 0.15) is 0 Å². The van der Waals surface area contributed by atoms with Crippen molar-refractivity contribution in [3.63, 3.8) is 0 Å².